The molecular formula is C20H30N4O. The van der Waals surface area contributed by atoms with E-state index in [9.17, 15) is 0 Å². The Balaban J connectivity index is 1.78. The lowest BCUT2D eigenvalue weighted by Gasteiger charge is -2.27. The predicted molar refractivity (Wildman–Crippen MR) is 101 cm³/mol. The molecule has 2 heterocycles. The Kier molecular flexibility index (Phi) is 6.24. The average Bonchev–Trinajstić information content (AvgIpc) is 3.26. The van der Waals surface area contributed by atoms with E-state index >= 15 is 0 Å². The number of ether oxygens (including phenoxy) is 1. The first-order chi connectivity index (χ1) is 12.1. The fraction of sp³-hybridized carbons (Fsp3) is 0.550. The Bertz CT molecular complexity index is 648. The third-order valence-corrected chi connectivity index (χ3v) is 4.73. The third-order valence-electron chi connectivity index (χ3n) is 4.73. The van der Waals surface area contributed by atoms with E-state index in [0.717, 1.165) is 38.5 Å². The molecule has 1 aliphatic heterocycles. The first-order valence-corrected chi connectivity index (χ1v) is 9.20. The molecule has 0 spiro atoms. The molecule has 25 heavy (non-hydrogen) atoms. The number of aryl methyl sites for hydroxylation is 1. The third kappa shape index (κ3) is 5.14. The molecule has 1 atom stereocenters. The van der Waals surface area contributed by atoms with Crippen LogP contribution in [0.15, 0.2) is 36.7 Å². The fourth-order valence-corrected chi connectivity index (χ4v) is 3.37. The van der Waals surface area contributed by atoms with E-state index in [2.05, 4.69) is 54.1 Å². The predicted octanol–water partition coefficient (Wildman–Crippen LogP) is 2.72. The van der Waals surface area contributed by atoms with Crippen molar-refractivity contribution in [3.05, 3.63) is 47.8 Å². The Labute approximate surface area is 151 Å². The zero-order valence-corrected chi connectivity index (χ0v) is 15.7. The van der Waals surface area contributed by atoms with E-state index in [1.807, 2.05) is 23.1 Å². The van der Waals surface area contributed by atoms with E-state index in [1.54, 1.807) is 0 Å². The Morgan fingerprint density at radius 3 is 2.84 bits per heavy atom. The lowest BCUT2D eigenvalue weighted by Crippen LogP contribution is -2.37. The van der Waals surface area contributed by atoms with Crippen LogP contribution in [-0.4, -0.2) is 66.0 Å². The molecule has 0 saturated carbocycles. The quantitative estimate of drug-likeness (QED) is 0.739. The summed E-state index contributed by atoms with van der Waals surface area (Å²) in [5, 5.41) is 4.43. The minimum Gasteiger partial charge on any atom is -0.377 e. The molecule has 1 fully saturated rings. The average molecular weight is 342 g/mol. The number of benzene rings is 1. The van der Waals surface area contributed by atoms with Gasteiger partial charge in [0.15, 0.2) is 0 Å². The maximum atomic E-state index is 5.88. The van der Waals surface area contributed by atoms with Crippen LogP contribution in [0.2, 0.25) is 0 Å². The first-order valence-electron chi connectivity index (χ1n) is 9.20. The first kappa shape index (κ1) is 18.1. The topological polar surface area (TPSA) is 33.5 Å². The van der Waals surface area contributed by atoms with Crippen molar-refractivity contribution in [1.29, 1.82) is 0 Å². The molecule has 0 aliphatic carbocycles. The number of nitrogens with zero attached hydrogens (tertiary/aromatic N) is 4. The molecule has 0 amide bonds. The van der Waals surface area contributed by atoms with Crippen molar-refractivity contribution in [2.75, 3.05) is 40.3 Å². The summed E-state index contributed by atoms with van der Waals surface area (Å²) in [6, 6.07) is 8.59. The van der Waals surface area contributed by atoms with Gasteiger partial charge in [-0.3, -0.25) is 4.90 Å². The summed E-state index contributed by atoms with van der Waals surface area (Å²) in [5.41, 5.74) is 3.77. The fourth-order valence-electron chi connectivity index (χ4n) is 3.37. The van der Waals surface area contributed by atoms with Crippen LogP contribution in [0.3, 0.4) is 0 Å². The van der Waals surface area contributed by atoms with Gasteiger partial charge in [0.1, 0.15) is 0 Å². The van der Waals surface area contributed by atoms with Crippen molar-refractivity contribution in [2.24, 2.45) is 0 Å². The van der Waals surface area contributed by atoms with Gasteiger partial charge in [0, 0.05) is 45.2 Å². The zero-order valence-electron chi connectivity index (χ0n) is 15.7. The van der Waals surface area contributed by atoms with Gasteiger partial charge < -0.3 is 9.64 Å². The van der Waals surface area contributed by atoms with Crippen molar-refractivity contribution >= 4 is 0 Å². The number of rotatable bonds is 8. The minimum absolute atomic E-state index is 0.375. The van der Waals surface area contributed by atoms with E-state index in [0.29, 0.717) is 6.10 Å². The lowest BCUT2D eigenvalue weighted by atomic mass is 10.1. The SMILES string of the molecule is Cc1ccc(-n2cccn2)c(CN(CCN(C)C)C[C@H]2CCCO2)c1. The molecule has 1 aliphatic rings. The molecule has 1 aromatic carbocycles. The van der Waals surface area contributed by atoms with Gasteiger partial charge in [-0.15, -0.1) is 0 Å². The van der Waals surface area contributed by atoms with Crippen LogP contribution in [0.25, 0.3) is 5.69 Å². The van der Waals surface area contributed by atoms with Gasteiger partial charge in [0.2, 0.25) is 0 Å². The molecular weight excluding hydrogens is 312 g/mol. The number of likely N-dealkylation sites (N-methyl/N-ethyl adjacent to an activating group) is 1. The molecule has 5 nitrogen and oxygen atoms in total. The van der Waals surface area contributed by atoms with Crippen molar-refractivity contribution in [3.63, 3.8) is 0 Å². The van der Waals surface area contributed by atoms with Crippen LogP contribution in [0.4, 0.5) is 0 Å². The smallest absolute Gasteiger partial charge is 0.0702 e. The molecule has 1 aromatic heterocycles. The Morgan fingerprint density at radius 1 is 1.28 bits per heavy atom. The highest BCUT2D eigenvalue weighted by Crippen LogP contribution is 2.20. The molecule has 0 radical (unpaired) electrons. The second kappa shape index (κ2) is 8.61. The summed E-state index contributed by atoms with van der Waals surface area (Å²) in [6.45, 7) is 7.08. The second-order valence-corrected chi connectivity index (χ2v) is 7.26. The molecule has 1 saturated heterocycles. The van der Waals surface area contributed by atoms with Crippen LogP contribution >= 0.6 is 0 Å². The van der Waals surface area contributed by atoms with Crippen LogP contribution in [0.1, 0.15) is 24.0 Å². The molecule has 0 N–H and O–H groups in total. The maximum absolute atomic E-state index is 5.88. The molecule has 136 valence electrons. The molecule has 3 rings (SSSR count). The van der Waals surface area contributed by atoms with E-state index in [-0.39, 0.29) is 0 Å². The standard InChI is InChI=1S/C20H30N4O/c1-17-7-8-20(24-10-5-9-21-24)18(14-17)15-23(12-11-22(2)3)16-19-6-4-13-25-19/h5,7-10,14,19H,4,6,11-13,15-16H2,1-3H3/t19-/m1/s1. The highest BCUT2D eigenvalue weighted by atomic mass is 16.5. The number of aromatic nitrogens is 2. The van der Waals surface area contributed by atoms with Crippen LogP contribution in [-0.2, 0) is 11.3 Å². The van der Waals surface area contributed by atoms with Crippen LogP contribution < -0.4 is 0 Å². The maximum Gasteiger partial charge on any atom is 0.0702 e. The van der Waals surface area contributed by atoms with Gasteiger partial charge in [-0.2, -0.15) is 5.10 Å². The van der Waals surface area contributed by atoms with E-state index < -0.39 is 0 Å². The molecule has 0 unspecified atom stereocenters. The van der Waals surface area contributed by atoms with Crippen LogP contribution in [0.5, 0.6) is 0 Å². The normalized spacial score (nSPS) is 17.7. The monoisotopic (exact) mass is 342 g/mol. The van der Waals surface area contributed by atoms with Crippen molar-refractivity contribution in [3.8, 4) is 5.69 Å². The molecule has 5 heteroatoms. The van der Waals surface area contributed by atoms with Gasteiger partial charge in [-0.25, -0.2) is 4.68 Å². The second-order valence-electron chi connectivity index (χ2n) is 7.26. The molecule has 2 aromatic rings. The number of hydrogen-bond donors (Lipinski definition) is 0. The lowest BCUT2D eigenvalue weighted by molar-refractivity contribution is 0.0682. The minimum atomic E-state index is 0.375. The van der Waals surface area contributed by atoms with Crippen molar-refractivity contribution in [2.45, 2.75) is 32.4 Å². The molecule has 0 bridgehead atoms. The van der Waals surface area contributed by atoms with Gasteiger partial charge >= 0.3 is 0 Å². The summed E-state index contributed by atoms with van der Waals surface area (Å²) in [5.74, 6) is 0. The summed E-state index contributed by atoms with van der Waals surface area (Å²) in [4.78, 5) is 4.77. The summed E-state index contributed by atoms with van der Waals surface area (Å²) in [6.07, 6.45) is 6.59. The Hall–Kier alpha value is -1.69. The highest BCUT2D eigenvalue weighted by molar-refractivity contribution is 5.42. The summed E-state index contributed by atoms with van der Waals surface area (Å²) >= 11 is 0. The van der Waals surface area contributed by atoms with Gasteiger partial charge in [-0.05, 0) is 51.6 Å². The largest absolute Gasteiger partial charge is 0.377 e. The summed E-state index contributed by atoms with van der Waals surface area (Å²) in [7, 11) is 4.26. The van der Waals surface area contributed by atoms with Crippen molar-refractivity contribution in [1.82, 2.24) is 19.6 Å². The number of hydrogen-bond acceptors (Lipinski definition) is 4. The van der Waals surface area contributed by atoms with Gasteiger partial charge in [0.25, 0.3) is 0 Å². The van der Waals surface area contributed by atoms with Crippen LogP contribution in [0, 0.1) is 6.92 Å². The van der Waals surface area contributed by atoms with Gasteiger partial charge in [-0.1, -0.05) is 17.7 Å². The van der Waals surface area contributed by atoms with Crippen molar-refractivity contribution < 1.29 is 4.74 Å². The van der Waals surface area contributed by atoms with Gasteiger partial charge in [0.05, 0.1) is 11.8 Å². The Morgan fingerprint density at radius 2 is 2.16 bits per heavy atom. The summed E-state index contributed by atoms with van der Waals surface area (Å²) < 4.78 is 7.84. The highest BCUT2D eigenvalue weighted by Gasteiger charge is 2.20. The zero-order chi connectivity index (χ0) is 17.6. The van der Waals surface area contributed by atoms with E-state index in [4.69, 9.17) is 4.74 Å². The van der Waals surface area contributed by atoms with E-state index in [1.165, 1.54) is 24.0 Å².